The zero-order valence-electron chi connectivity index (χ0n) is 19.6. The molecule has 0 fully saturated rings. The molecule has 0 unspecified atom stereocenters. The van der Waals surface area contributed by atoms with Crippen LogP contribution in [0.3, 0.4) is 0 Å². The van der Waals surface area contributed by atoms with Gasteiger partial charge in [0.25, 0.3) is 0 Å². The van der Waals surface area contributed by atoms with Crippen LogP contribution in [0.1, 0.15) is 17.7 Å². The average Bonchev–Trinajstić information content (AvgIpc) is 3.08. The van der Waals surface area contributed by atoms with Crippen LogP contribution < -0.4 is 14.2 Å². The van der Waals surface area contributed by atoms with E-state index in [2.05, 4.69) is 10.3 Å². The Labute approximate surface area is 244 Å². The Balaban J connectivity index is 1.50. The molecule has 0 saturated carbocycles. The van der Waals surface area contributed by atoms with E-state index < -0.39 is 0 Å². The smallest absolute Gasteiger partial charge is 0.226 e. The fourth-order valence-corrected chi connectivity index (χ4v) is 4.13. The monoisotopic (exact) mass is 625 g/mol. The van der Waals surface area contributed by atoms with Gasteiger partial charge >= 0.3 is 0 Å². The van der Waals surface area contributed by atoms with Crippen LogP contribution in [0.5, 0.6) is 23.1 Å². The van der Waals surface area contributed by atoms with Crippen LogP contribution in [0.4, 0.5) is 0 Å². The third-order valence-electron chi connectivity index (χ3n) is 4.66. The quantitative estimate of drug-likeness (QED) is 0.114. The predicted molar refractivity (Wildman–Crippen MR) is 150 cm³/mol. The van der Waals surface area contributed by atoms with Gasteiger partial charge in [0, 0.05) is 30.6 Å². The molecule has 1 aromatic heterocycles. The highest BCUT2D eigenvalue weighted by Crippen LogP contribution is 2.37. The summed E-state index contributed by atoms with van der Waals surface area (Å²) >= 11 is 35.8. The summed E-state index contributed by atoms with van der Waals surface area (Å²) in [5.41, 5.74) is 1.35. The topological polar surface area (TPSA) is 67.1 Å². The lowest BCUT2D eigenvalue weighted by Gasteiger charge is -2.12. The van der Waals surface area contributed by atoms with Gasteiger partial charge in [-0.05, 0) is 31.2 Å². The molecule has 3 aromatic rings. The first-order valence-corrected chi connectivity index (χ1v) is 13.0. The Morgan fingerprint density at radius 3 is 2.41 bits per heavy atom. The van der Waals surface area contributed by atoms with E-state index in [1.807, 2.05) is 6.92 Å². The van der Waals surface area contributed by atoms with Gasteiger partial charge in [-0.15, -0.1) is 0 Å². The van der Waals surface area contributed by atoms with E-state index in [0.29, 0.717) is 67.5 Å². The minimum Gasteiger partial charge on any atom is -0.490 e. The molecule has 7 nitrogen and oxygen atoms in total. The Hall–Kier alpha value is -2.00. The molecule has 3 rings (SSSR count). The number of aryl methyl sites for hydroxylation is 2. The fraction of sp³-hybridized carbons (Fsp3) is 0.250. The summed E-state index contributed by atoms with van der Waals surface area (Å²) < 4.78 is 18.8. The average molecular weight is 628 g/mol. The fourth-order valence-electron chi connectivity index (χ4n) is 2.98. The normalized spacial score (nSPS) is 11.0. The molecule has 37 heavy (non-hydrogen) atoms. The van der Waals surface area contributed by atoms with Gasteiger partial charge in [-0.25, -0.2) is 4.68 Å². The first-order valence-electron chi connectivity index (χ1n) is 10.7. The number of rotatable bonds is 12. The molecule has 0 atom stereocenters. The molecule has 2 aromatic carbocycles. The zero-order chi connectivity index (χ0) is 26.9. The van der Waals surface area contributed by atoms with Gasteiger partial charge in [-0.1, -0.05) is 74.8 Å². The Morgan fingerprint density at radius 1 is 1.00 bits per heavy atom. The molecule has 13 heteroatoms. The van der Waals surface area contributed by atoms with Crippen molar-refractivity contribution >= 4 is 75.8 Å². The second kappa shape index (κ2) is 14.2. The molecule has 198 valence electrons. The summed E-state index contributed by atoms with van der Waals surface area (Å²) in [5.74, 6) is 1.70. The first kappa shape index (κ1) is 29.6. The van der Waals surface area contributed by atoms with Crippen molar-refractivity contribution in [3.8, 4) is 23.1 Å². The Morgan fingerprint density at radius 2 is 1.73 bits per heavy atom. The van der Waals surface area contributed by atoms with Gasteiger partial charge in [0.1, 0.15) is 29.2 Å². The van der Waals surface area contributed by atoms with Crippen molar-refractivity contribution in [2.45, 2.75) is 13.3 Å². The van der Waals surface area contributed by atoms with Gasteiger partial charge in [-0.3, -0.25) is 0 Å². The predicted octanol–water partition coefficient (Wildman–Crippen LogP) is 8.65. The lowest BCUT2D eigenvalue weighted by Crippen LogP contribution is -2.03. The van der Waals surface area contributed by atoms with Crippen molar-refractivity contribution in [3.05, 3.63) is 72.2 Å². The molecular weight excluding hydrogens is 607 g/mol. The van der Waals surface area contributed by atoms with Crippen molar-refractivity contribution < 1.29 is 19.0 Å². The molecule has 0 saturated heterocycles. The summed E-state index contributed by atoms with van der Waals surface area (Å²) in [6.07, 6.45) is 3.55. The number of nitrogens with zero attached hydrogens (tertiary/aromatic N) is 3. The molecule has 0 N–H and O–H groups in total. The first-order chi connectivity index (χ1) is 17.7. The number of ether oxygens (including phenoxy) is 3. The van der Waals surface area contributed by atoms with E-state index in [-0.39, 0.29) is 17.7 Å². The van der Waals surface area contributed by atoms with Gasteiger partial charge in [0.05, 0.1) is 39.1 Å². The molecule has 0 bridgehead atoms. The minimum absolute atomic E-state index is 0.107. The van der Waals surface area contributed by atoms with Crippen molar-refractivity contribution in [2.24, 2.45) is 12.2 Å². The Bertz CT molecular complexity index is 1270. The summed E-state index contributed by atoms with van der Waals surface area (Å²) in [6, 6.07) is 8.14. The van der Waals surface area contributed by atoms with E-state index in [1.165, 1.54) is 12.3 Å². The third kappa shape index (κ3) is 8.77. The van der Waals surface area contributed by atoms with E-state index in [0.717, 1.165) is 0 Å². The van der Waals surface area contributed by atoms with Crippen LogP contribution >= 0.6 is 69.6 Å². The van der Waals surface area contributed by atoms with Gasteiger partial charge in [0.2, 0.25) is 5.88 Å². The van der Waals surface area contributed by atoms with Crippen molar-refractivity contribution in [3.63, 3.8) is 0 Å². The van der Waals surface area contributed by atoms with Crippen LogP contribution in [-0.2, 0) is 11.9 Å². The maximum atomic E-state index is 6.27. The molecule has 0 radical (unpaired) electrons. The summed E-state index contributed by atoms with van der Waals surface area (Å²) in [5, 5.41) is 9.90. The largest absolute Gasteiger partial charge is 0.490 e. The van der Waals surface area contributed by atoms with Crippen LogP contribution in [0, 0.1) is 6.92 Å². The Kier molecular flexibility index (Phi) is 11.4. The standard InChI is InChI=1S/C24H21Cl6N3O4/c1-14-17(24(33(2)32-14)37-21-5-4-15(25)10-18(21)26)13-31-36-8-3-7-35-23-19(27)11-16(12-20(23)28)34-9-6-22(29)30/h4-6,10-13H,3,7-9H2,1-2H3/b31-13+. The maximum absolute atomic E-state index is 6.27. The van der Waals surface area contributed by atoms with Crippen LogP contribution in [0.2, 0.25) is 20.1 Å². The maximum Gasteiger partial charge on any atom is 0.226 e. The summed E-state index contributed by atoms with van der Waals surface area (Å²) in [6.45, 7) is 2.60. The van der Waals surface area contributed by atoms with Crippen molar-refractivity contribution in [1.82, 2.24) is 9.78 Å². The van der Waals surface area contributed by atoms with Gasteiger partial charge < -0.3 is 19.0 Å². The van der Waals surface area contributed by atoms with Gasteiger partial charge in [0.15, 0.2) is 5.75 Å². The third-order valence-corrected chi connectivity index (χ3v) is 6.06. The number of oxime groups is 1. The minimum atomic E-state index is 0.107. The molecule has 0 spiro atoms. The van der Waals surface area contributed by atoms with Crippen LogP contribution in [0.15, 0.2) is 46.1 Å². The molecule has 1 heterocycles. The summed E-state index contributed by atoms with van der Waals surface area (Å²) in [4.78, 5) is 5.37. The number of aromatic nitrogens is 2. The SMILES string of the molecule is Cc1nn(C)c(Oc2ccc(Cl)cc2Cl)c1/C=N/OCCCOc1c(Cl)cc(OCC=C(Cl)Cl)cc1Cl. The number of benzene rings is 2. The van der Waals surface area contributed by atoms with Crippen LogP contribution in [0.25, 0.3) is 0 Å². The highest BCUT2D eigenvalue weighted by atomic mass is 35.5. The van der Waals surface area contributed by atoms with E-state index in [1.54, 1.807) is 42.1 Å². The molecule has 0 aliphatic rings. The highest BCUT2D eigenvalue weighted by molar-refractivity contribution is 6.55. The van der Waals surface area contributed by atoms with Crippen LogP contribution in [-0.4, -0.2) is 35.8 Å². The second-order valence-electron chi connectivity index (χ2n) is 7.40. The van der Waals surface area contributed by atoms with Crippen molar-refractivity contribution in [1.29, 1.82) is 0 Å². The number of hydrogen-bond acceptors (Lipinski definition) is 6. The highest BCUT2D eigenvalue weighted by Gasteiger charge is 2.16. The zero-order valence-corrected chi connectivity index (χ0v) is 24.1. The number of hydrogen-bond donors (Lipinski definition) is 0. The molecule has 0 aliphatic carbocycles. The second-order valence-corrected chi connectivity index (χ2v) is 10.1. The van der Waals surface area contributed by atoms with Gasteiger partial charge in [-0.2, -0.15) is 5.10 Å². The lowest BCUT2D eigenvalue weighted by molar-refractivity contribution is 0.129. The molecule has 0 aliphatic heterocycles. The van der Waals surface area contributed by atoms with Crippen molar-refractivity contribution in [2.75, 3.05) is 19.8 Å². The molecule has 0 amide bonds. The molecular formula is C24H21Cl6N3O4. The lowest BCUT2D eigenvalue weighted by atomic mass is 10.3. The van der Waals surface area contributed by atoms with E-state index in [9.17, 15) is 0 Å². The van der Waals surface area contributed by atoms with E-state index in [4.69, 9.17) is 88.7 Å². The summed E-state index contributed by atoms with van der Waals surface area (Å²) in [7, 11) is 1.75. The number of halogens is 6. The van der Waals surface area contributed by atoms with E-state index >= 15 is 0 Å².